The van der Waals surface area contributed by atoms with Crippen LogP contribution >= 0.6 is 11.6 Å². The normalized spacial score (nSPS) is 22.1. The summed E-state index contributed by atoms with van der Waals surface area (Å²) in [5.74, 6) is 1.14. The first kappa shape index (κ1) is 20.3. The monoisotopic (exact) mass is 442 g/mol. The van der Waals surface area contributed by atoms with Gasteiger partial charge in [-0.15, -0.1) is 0 Å². The Morgan fingerprint density at radius 1 is 1.39 bits per heavy atom. The minimum atomic E-state index is -0.906. The van der Waals surface area contributed by atoms with Crippen molar-refractivity contribution in [1.29, 1.82) is 0 Å². The van der Waals surface area contributed by atoms with Crippen LogP contribution in [0, 0.1) is 0 Å². The van der Waals surface area contributed by atoms with Crippen molar-refractivity contribution >= 4 is 34.4 Å². The number of hydrogen-bond donors (Lipinski definition) is 2. The van der Waals surface area contributed by atoms with E-state index in [-0.39, 0.29) is 12.0 Å². The summed E-state index contributed by atoms with van der Waals surface area (Å²) in [5, 5.41) is 18.2. The summed E-state index contributed by atoms with van der Waals surface area (Å²) in [5.41, 5.74) is 3.83. The first-order valence-corrected chi connectivity index (χ1v) is 11.3. The van der Waals surface area contributed by atoms with Gasteiger partial charge in [-0.3, -0.25) is 9.58 Å². The van der Waals surface area contributed by atoms with Crippen LogP contribution in [-0.2, 0) is 13.0 Å². The summed E-state index contributed by atoms with van der Waals surface area (Å²) < 4.78 is 4.22. The van der Waals surface area contributed by atoms with Crippen LogP contribution in [0.4, 0.5) is 10.5 Å². The maximum atomic E-state index is 11.9. The number of imidazole rings is 1. The summed E-state index contributed by atoms with van der Waals surface area (Å²) in [6.07, 6.45) is 5.25. The van der Waals surface area contributed by atoms with Crippen LogP contribution in [-0.4, -0.2) is 49.7 Å². The molecule has 2 aliphatic rings. The Kier molecular flexibility index (Phi) is 5.14. The number of aromatic nitrogens is 4. The Hall–Kier alpha value is -2.58. The van der Waals surface area contributed by atoms with Crippen LogP contribution in [0.2, 0.25) is 5.02 Å². The summed E-state index contributed by atoms with van der Waals surface area (Å²) in [7, 11) is 0. The first-order chi connectivity index (χ1) is 14.9. The highest BCUT2D eigenvalue weighted by Gasteiger charge is 2.32. The molecule has 8 nitrogen and oxygen atoms in total. The van der Waals surface area contributed by atoms with Gasteiger partial charge in [0, 0.05) is 36.3 Å². The quantitative estimate of drug-likeness (QED) is 0.636. The molecule has 0 spiro atoms. The fraction of sp³-hybridized carbons (Fsp3) is 0.500. The predicted molar refractivity (Wildman–Crippen MR) is 120 cm³/mol. The number of amides is 1. The molecule has 164 valence electrons. The van der Waals surface area contributed by atoms with Crippen LogP contribution in [0.1, 0.15) is 50.0 Å². The number of halogens is 1. The Balaban J connectivity index is 1.64. The number of hydrogen-bond acceptors (Lipinski definition) is 4. The molecule has 3 atom stereocenters. The van der Waals surface area contributed by atoms with E-state index >= 15 is 0 Å². The van der Waals surface area contributed by atoms with Gasteiger partial charge >= 0.3 is 6.09 Å². The maximum absolute atomic E-state index is 11.9. The van der Waals surface area contributed by atoms with Crippen molar-refractivity contribution in [3.8, 4) is 0 Å². The van der Waals surface area contributed by atoms with Crippen molar-refractivity contribution < 1.29 is 9.90 Å². The highest BCUT2D eigenvalue weighted by Crippen LogP contribution is 2.38. The van der Waals surface area contributed by atoms with Crippen molar-refractivity contribution in [1.82, 2.24) is 24.6 Å². The average molecular weight is 443 g/mol. The van der Waals surface area contributed by atoms with Crippen LogP contribution in [0.3, 0.4) is 0 Å². The van der Waals surface area contributed by atoms with E-state index in [1.165, 1.54) is 4.90 Å². The molecule has 3 aromatic rings. The van der Waals surface area contributed by atoms with Crippen LogP contribution in [0.25, 0.3) is 11.0 Å². The van der Waals surface area contributed by atoms with Gasteiger partial charge in [-0.05, 0) is 44.9 Å². The lowest BCUT2D eigenvalue weighted by molar-refractivity contribution is 0.198. The van der Waals surface area contributed by atoms with E-state index in [2.05, 4.69) is 28.0 Å². The lowest BCUT2D eigenvalue weighted by atomic mass is 9.95. The van der Waals surface area contributed by atoms with Gasteiger partial charge in [0.25, 0.3) is 0 Å². The van der Waals surface area contributed by atoms with Crippen molar-refractivity contribution in [2.24, 2.45) is 0 Å². The second-order valence-corrected chi connectivity index (χ2v) is 9.18. The number of nitrogens with zero attached hydrogens (tertiary/aromatic N) is 5. The van der Waals surface area contributed by atoms with Gasteiger partial charge in [0.15, 0.2) is 0 Å². The number of rotatable bonds is 4. The largest absolute Gasteiger partial charge is 0.465 e. The summed E-state index contributed by atoms with van der Waals surface area (Å²) in [6.45, 7) is 6.70. The zero-order chi connectivity index (χ0) is 21.7. The number of anilines is 1. The molecule has 2 aliphatic heterocycles. The molecule has 5 rings (SSSR count). The Morgan fingerprint density at radius 2 is 2.23 bits per heavy atom. The standard InChI is InChI=1S/C22H27ClN6O2/c1-13(11-27-12-15(23)9-25-27)21-26-20-17-4-3-14(2)28(22(30)31)18(17)5-6-19(20)29(21)16-7-8-24-10-16/h5-6,9,12-14,16,24H,3-4,7-8,10-11H2,1-2H3,(H,30,31)/t13-,14-,16+/m0/s1. The summed E-state index contributed by atoms with van der Waals surface area (Å²) in [4.78, 5) is 18.6. The van der Waals surface area contributed by atoms with E-state index in [4.69, 9.17) is 16.6 Å². The Morgan fingerprint density at radius 3 is 2.90 bits per heavy atom. The van der Waals surface area contributed by atoms with Gasteiger partial charge in [0.2, 0.25) is 0 Å². The molecule has 2 aromatic heterocycles. The zero-order valence-electron chi connectivity index (χ0n) is 17.8. The van der Waals surface area contributed by atoms with Crippen LogP contribution < -0.4 is 10.2 Å². The molecule has 2 N–H and O–H groups in total. The van der Waals surface area contributed by atoms with Gasteiger partial charge in [-0.25, -0.2) is 9.78 Å². The molecule has 0 bridgehead atoms. The van der Waals surface area contributed by atoms with Gasteiger partial charge in [-0.2, -0.15) is 5.10 Å². The van der Waals surface area contributed by atoms with Gasteiger partial charge < -0.3 is 15.0 Å². The molecule has 4 heterocycles. The first-order valence-electron chi connectivity index (χ1n) is 10.9. The van der Waals surface area contributed by atoms with E-state index in [0.29, 0.717) is 17.6 Å². The van der Waals surface area contributed by atoms with E-state index in [1.807, 2.05) is 23.9 Å². The molecule has 1 fully saturated rings. The molecule has 9 heteroatoms. The van der Waals surface area contributed by atoms with Crippen molar-refractivity contribution in [3.63, 3.8) is 0 Å². The second-order valence-electron chi connectivity index (χ2n) is 8.74. The zero-order valence-corrected chi connectivity index (χ0v) is 18.5. The minimum Gasteiger partial charge on any atom is -0.465 e. The summed E-state index contributed by atoms with van der Waals surface area (Å²) >= 11 is 6.05. The lowest BCUT2D eigenvalue weighted by Gasteiger charge is -2.33. The van der Waals surface area contributed by atoms with Gasteiger partial charge in [-0.1, -0.05) is 18.5 Å². The molecule has 1 saturated heterocycles. The van der Waals surface area contributed by atoms with Crippen molar-refractivity contribution in [2.45, 2.75) is 57.7 Å². The molecule has 31 heavy (non-hydrogen) atoms. The molecule has 0 saturated carbocycles. The molecular weight excluding hydrogens is 416 g/mol. The predicted octanol–water partition coefficient (Wildman–Crippen LogP) is 4.04. The highest BCUT2D eigenvalue weighted by molar-refractivity contribution is 6.30. The molecular formula is C22H27ClN6O2. The van der Waals surface area contributed by atoms with E-state index < -0.39 is 6.09 Å². The fourth-order valence-corrected chi connectivity index (χ4v) is 5.26. The number of carboxylic acid groups (broad SMARTS) is 1. The third-order valence-corrected chi connectivity index (χ3v) is 6.79. The SMILES string of the molecule is C[C@@H](Cn1cc(Cl)cn1)c1nc2c3c(ccc2n1[C@@H]1CCNC1)N(C(=O)O)[C@@H](C)CC3. The van der Waals surface area contributed by atoms with Gasteiger partial charge in [0.05, 0.1) is 34.5 Å². The topological polar surface area (TPSA) is 88.2 Å². The van der Waals surface area contributed by atoms with E-state index in [0.717, 1.165) is 60.5 Å². The second kappa shape index (κ2) is 7.84. The van der Waals surface area contributed by atoms with Crippen LogP contribution in [0.15, 0.2) is 24.5 Å². The number of aryl methyl sites for hydroxylation is 1. The number of benzene rings is 1. The molecule has 1 aromatic carbocycles. The van der Waals surface area contributed by atoms with Crippen LogP contribution in [0.5, 0.6) is 0 Å². The molecule has 0 aliphatic carbocycles. The third-order valence-electron chi connectivity index (χ3n) is 6.59. The Bertz CT molecular complexity index is 1130. The third kappa shape index (κ3) is 3.47. The van der Waals surface area contributed by atoms with Gasteiger partial charge in [0.1, 0.15) is 5.82 Å². The van der Waals surface area contributed by atoms with Crippen molar-refractivity contribution in [3.05, 3.63) is 40.9 Å². The number of carbonyl (C=O) groups is 1. The number of nitrogens with one attached hydrogen (secondary N) is 1. The maximum Gasteiger partial charge on any atom is 0.412 e. The highest BCUT2D eigenvalue weighted by atomic mass is 35.5. The lowest BCUT2D eigenvalue weighted by Crippen LogP contribution is -2.41. The van der Waals surface area contributed by atoms with E-state index in [1.54, 1.807) is 6.20 Å². The molecule has 0 radical (unpaired) electrons. The van der Waals surface area contributed by atoms with E-state index in [9.17, 15) is 9.90 Å². The average Bonchev–Trinajstić information content (AvgIpc) is 3.46. The summed E-state index contributed by atoms with van der Waals surface area (Å²) in [6, 6.07) is 4.31. The number of fused-ring (bicyclic) bond motifs is 3. The van der Waals surface area contributed by atoms with Crippen molar-refractivity contribution in [2.75, 3.05) is 18.0 Å². The molecule has 1 amide bonds. The fourth-order valence-electron chi connectivity index (χ4n) is 5.10. The smallest absolute Gasteiger partial charge is 0.412 e. The molecule has 0 unspecified atom stereocenters. The Labute approximate surface area is 185 Å². The minimum absolute atomic E-state index is 0.0356.